The number of hydrogen-bond donors (Lipinski definition) is 1. The van der Waals surface area contributed by atoms with Gasteiger partial charge in [-0.25, -0.2) is 0 Å². The minimum absolute atomic E-state index is 0.0641. The first-order valence-corrected chi connectivity index (χ1v) is 5.16. The zero-order chi connectivity index (χ0) is 11.3. The maximum Gasteiger partial charge on any atom is 0.236 e. The van der Waals surface area contributed by atoms with E-state index in [4.69, 9.17) is 4.42 Å². The van der Waals surface area contributed by atoms with Crippen LogP contribution in [0.2, 0.25) is 0 Å². The molecule has 0 radical (unpaired) electrons. The van der Waals surface area contributed by atoms with Crippen LogP contribution in [0.25, 0.3) is 0 Å². The molecule has 0 spiro atoms. The Morgan fingerprint density at radius 2 is 2.40 bits per heavy atom. The van der Waals surface area contributed by atoms with Gasteiger partial charge in [0.05, 0.1) is 18.8 Å². The van der Waals surface area contributed by atoms with Crippen LogP contribution in [-0.4, -0.2) is 30.9 Å². The molecular weight excluding hydrogens is 192 g/mol. The molecule has 15 heavy (non-hydrogen) atoms. The fourth-order valence-electron chi connectivity index (χ4n) is 1.19. The van der Waals surface area contributed by atoms with Crippen LogP contribution < -0.4 is 5.32 Å². The zero-order valence-electron chi connectivity index (χ0n) is 9.49. The third-order valence-electron chi connectivity index (χ3n) is 2.43. The molecular formula is C11H18N2O2. The van der Waals surface area contributed by atoms with Gasteiger partial charge in [0.1, 0.15) is 5.76 Å². The lowest BCUT2D eigenvalue weighted by Gasteiger charge is -2.16. The van der Waals surface area contributed by atoms with Crippen molar-refractivity contribution in [1.82, 2.24) is 10.2 Å². The maximum absolute atomic E-state index is 11.5. The van der Waals surface area contributed by atoms with E-state index in [1.165, 1.54) is 0 Å². The second-order valence-electron chi connectivity index (χ2n) is 3.53. The van der Waals surface area contributed by atoms with Crippen molar-refractivity contribution in [3.8, 4) is 0 Å². The topological polar surface area (TPSA) is 45.5 Å². The molecule has 84 valence electrons. The third kappa shape index (κ3) is 3.40. The summed E-state index contributed by atoms with van der Waals surface area (Å²) in [5, 5.41) is 3.12. The molecule has 0 saturated heterocycles. The number of carbonyl (C=O) groups is 1. The molecule has 1 rings (SSSR count). The molecule has 1 aromatic heterocycles. The summed E-state index contributed by atoms with van der Waals surface area (Å²) >= 11 is 0. The predicted octanol–water partition coefficient (Wildman–Crippen LogP) is 1.41. The number of nitrogens with one attached hydrogen (secondary N) is 1. The SMILES string of the molecule is CCN(C)C(=O)CNC(C)c1ccco1. The van der Waals surface area contributed by atoms with Crippen molar-refractivity contribution in [2.75, 3.05) is 20.1 Å². The summed E-state index contributed by atoms with van der Waals surface area (Å²) in [7, 11) is 1.79. The van der Waals surface area contributed by atoms with E-state index in [1.807, 2.05) is 26.0 Å². The second kappa shape index (κ2) is 5.56. The average Bonchev–Trinajstić information content (AvgIpc) is 2.77. The highest BCUT2D eigenvalue weighted by molar-refractivity contribution is 5.77. The fourth-order valence-corrected chi connectivity index (χ4v) is 1.19. The van der Waals surface area contributed by atoms with Gasteiger partial charge in [-0.15, -0.1) is 0 Å². The van der Waals surface area contributed by atoms with E-state index in [-0.39, 0.29) is 11.9 Å². The third-order valence-corrected chi connectivity index (χ3v) is 2.43. The Balaban J connectivity index is 2.34. The molecule has 0 fully saturated rings. The van der Waals surface area contributed by atoms with Crippen molar-refractivity contribution in [2.24, 2.45) is 0 Å². The molecule has 0 aliphatic carbocycles. The minimum atomic E-state index is 0.0641. The highest BCUT2D eigenvalue weighted by atomic mass is 16.3. The van der Waals surface area contributed by atoms with Gasteiger partial charge >= 0.3 is 0 Å². The molecule has 1 heterocycles. The summed E-state index contributed by atoms with van der Waals surface area (Å²) in [6, 6.07) is 3.80. The molecule has 1 atom stereocenters. The molecule has 4 heteroatoms. The molecule has 1 amide bonds. The summed E-state index contributed by atoms with van der Waals surface area (Å²) in [6.07, 6.45) is 1.63. The van der Waals surface area contributed by atoms with Crippen molar-refractivity contribution >= 4 is 5.91 Å². The number of furan rings is 1. The molecule has 0 aliphatic heterocycles. The van der Waals surface area contributed by atoms with Crippen molar-refractivity contribution in [1.29, 1.82) is 0 Å². The Morgan fingerprint density at radius 3 is 2.93 bits per heavy atom. The highest BCUT2D eigenvalue weighted by Gasteiger charge is 2.11. The smallest absolute Gasteiger partial charge is 0.236 e. The van der Waals surface area contributed by atoms with E-state index < -0.39 is 0 Å². The molecule has 0 aromatic carbocycles. The van der Waals surface area contributed by atoms with Gasteiger partial charge in [0.15, 0.2) is 0 Å². The first-order valence-electron chi connectivity index (χ1n) is 5.16. The summed E-state index contributed by atoms with van der Waals surface area (Å²) in [4.78, 5) is 13.2. The van der Waals surface area contributed by atoms with Crippen LogP contribution in [0.15, 0.2) is 22.8 Å². The molecule has 0 aliphatic rings. The van der Waals surface area contributed by atoms with Gasteiger partial charge in [-0.05, 0) is 26.0 Å². The van der Waals surface area contributed by atoms with E-state index >= 15 is 0 Å². The standard InChI is InChI=1S/C11H18N2O2/c1-4-13(3)11(14)8-12-9(2)10-6-5-7-15-10/h5-7,9,12H,4,8H2,1-3H3. The van der Waals surface area contributed by atoms with E-state index in [0.717, 1.165) is 12.3 Å². The quantitative estimate of drug-likeness (QED) is 0.799. The summed E-state index contributed by atoms with van der Waals surface area (Å²) in [5.41, 5.74) is 0. The van der Waals surface area contributed by atoms with Gasteiger partial charge in [0.2, 0.25) is 5.91 Å². The van der Waals surface area contributed by atoms with E-state index in [1.54, 1.807) is 18.2 Å². The van der Waals surface area contributed by atoms with Crippen molar-refractivity contribution in [2.45, 2.75) is 19.9 Å². The molecule has 1 aromatic rings. The van der Waals surface area contributed by atoms with Crippen LogP contribution in [0.1, 0.15) is 25.6 Å². The lowest BCUT2D eigenvalue weighted by molar-refractivity contribution is -0.128. The number of nitrogens with zero attached hydrogens (tertiary/aromatic N) is 1. The normalized spacial score (nSPS) is 12.5. The number of carbonyl (C=O) groups excluding carboxylic acids is 1. The second-order valence-corrected chi connectivity index (χ2v) is 3.53. The number of hydrogen-bond acceptors (Lipinski definition) is 3. The van der Waals surface area contributed by atoms with Gasteiger partial charge < -0.3 is 9.32 Å². The van der Waals surface area contributed by atoms with Crippen LogP contribution in [0.3, 0.4) is 0 Å². The van der Waals surface area contributed by atoms with Gasteiger partial charge in [0, 0.05) is 13.6 Å². The molecule has 1 unspecified atom stereocenters. The summed E-state index contributed by atoms with van der Waals surface area (Å²) < 4.78 is 5.23. The van der Waals surface area contributed by atoms with Crippen molar-refractivity contribution in [3.63, 3.8) is 0 Å². The van der Waals surface area contributed by atoms with Crippen LogP contribution in [0.4, 0.5) is 0 Å². The first-order chi connectivity index (χ1) is 7.15. The van der Waals surface area contributed by atoms with E-state index in [0.29, 0.717) is 6.54 Å². The first kappa shape index (κ1) is 11.8. The highest BCUT2D eigenvalue weighted by Crippen LogP contribution is 2.11. The predicted molar refractivity (Wildman–Crippen MR) is 58.4 cm³/mol. The molecule has 4 nitrogen and oxygen atoms in total. The Hall–Kier alpha value is -1.29. The number of likely N-dealkylation sites (N-methyl/N-ethyl adjacent to an activating group) is 1. The average molecular weight is 210 g/mol. The van der Waals surface area contributed by atoms with Gasteiger partial charge in [-0.3, -0.25) is 10.1 Å². The van der Waals surface area contributed by atoms with Crippen LogP contribution in [0, 0.1) is 0 Å². The van der Waals surface area contributed by atoms with Crippen molar-refractivity contribution < 1.29 is 9.21 Å². The van der Waals surface area contributed by atoms with Crippen LogP contribution >= 0.6 is 0 Å². The minimum Gasteiger partial charge on any atom is -0.468 e. The lowest BCUT2D eigenvalue weighted by Crippen LogP contribution is -2.36. The number of rotatable bonds is 5. The van der Waals surface area contributed by atoms with Crippen LogP contribution in [-0.2, 0) is 4.79 Å². The Morgan fingerprint density at radius 1 is 1.67 bits per heavy atom. The Kier molecular flexibility index (Phi) is 4.37. The number of amides is 1. The Labute approximate surface area is 90.3 Å². The molecule has 0 bridgehead atoms. The fraction of sp³-hybridized carbons (Fsp3) is 0.545. The van der Waals surface area contributed by atoms with Crippen molar-refractivity contribution in [3.05, 3.63) is 24.2 Å². The van der Waals surface area contributed by atoms with Gasteiger partial charge in [-0.2, -0.15) is 0 Å². The van der Waals surface area contributed by atoms with E-state index in [2.05, 4.69) is 5.32 Å². The molecule has 1 N–H and O–H groups in total. The largest absolute Gasteiger partial charge is 0.468 e. The summed E-state index contributed by atoms with van der Waals surface area (Å²) in [5.74, 6) is 0.942. The monoisotopic (exact) mass is 210 g/mol. The van der Waals surface area contributed by atoms with Crippen LogP contribution in [0.5, 0.6) is 0 Å². The zero-order valence-corrected chi connectivity index (χ0v) is 9.49. The Bertz CT molecular complexity index is 296. The lowest BCUT2D eigenvalue weighted by atomic mass is 10.2. The van der Waals surface area contributed by atoms with E-state index in [9.17, 15) is 4.79 Å². The summed E-state index contributed by atoms with van der Waals surface area (Å²) in [6.45, 7) is 4.99. The van der Waals surface area contributed by atoms with Gasteiger partial charge in [0.25, 0.3) is 0 Å². The molecule has 0 saturated carbocycles. The maximum atomic E-state index is 11.5. The van der Waals surface area contributed by atoms with Gasteiger partial charge in [-0.1, -0.05) is 0 Å².